The molecule has 0 aliphatic rings. The predicted octanol–water partition coefficient (Wildman–Crippen LogP) is -4.41. The molecule has 0 saturated carbocycles. The molecule has 0 radical (unpaired) electrons. The Bertz CT molecular complexity index is 1700. The minimum absolute atomic E-state index is 0.0214. The normalized spacial score (nSPS) is 13.6. The molecule has 16 N–H and O–H groups in total. The smallest absolute Gasteiger partial charge is 0.326 e. The van der Waals surface area contributed by atoms with Crippen molar-refractivity contribution < 1.29 is 44.1 Å². The summed E-state index contributed by atoms with van der Waals surface area (Å²) in [6, 6.07) is -0.977. The molecule has 0 fully saturated rings. The van der Waals surface area contributed by atoms with Crippen molar-refractivity contribution in [1.82, 2.24) is 51.8 Å². The van der Waals surface area contributed by atoms with Gasteiger partial charge in [0.2, 0.25) is 29.5 Å². The van der Waals surface area contributed by atoms with E-state index < -0.39 is 78.9 Å². The van der Waals surface area contributed by atoms with Gasteiger partial charge in [0, 0.05) is 38.2 Å². The number of hydrogen-bond acceptors (Lipinski definition) is 12. The summed E-state index contributed by atoms with van der Waals surface area (Å²) in [6.07, 6.45) is 5.65. The molecular formula is C32H45N13O9. The lowest BCUT2D eigenvalue weighted by atomic mass is 10.1. The predicted molar refractivity (Wildman–Crippen MR) is 189 cm³/mol. The molecule has 0 aliphatic carbocycles. The van der Waals surface area contributed by atoms with Crippen LogP contribution >= 0.6 is 0 Å². The molecule has 1 aromatic carbocycles. The third-order valence-corrected chi connectivity index (χ3v) is 7.79. The molecule has 0 aliphatic heterocycles. The fraction of sp³-hybridized carbons (Fsp3) is 0.406. The van der Waals surface area contributed by atoms with Gasteiger partial charge in [0.15, 0.2) is 5.96 Å². The Kier molecular flexibility index (Phi) is 16.4. The number of rotatable bonds is 22. The molecule has 3 rings (SSSR count). The van der Waals surface area contributed by atoms with Crippen molar-refractivity contribution in [1.29, 1.82) is 5.41 Å². The summed E-state index contributed by atoms with van der Waals surface area (Å²) in [5.74, 6) is -5.94. The van der Waals surface area contributed by atoms with Crippen LogP contribution in [0.5, 0.6) is 5.75 Å². The highest BCUT2D eigenvalue weighted by molar-refractivity contribution is 5.96. The standard InChI is InChI=1S/C32H45N13O9/c33-21(9-18-11-36-15-40-18)27(49)45-25(14-46)30(52)44-23(10-19-12-37-16-41-19)29(51)43-22(2-1-7-38-32(34)35)28(50)39-13-26(48)42-24(31(53)54)8-17-3-5-20(47)6-4-17/h3-6,11-12,15-16,21-25,46-47H,1-2,7-10,13-14,33H2,(H,36,40)(H,37,41)(H,39,50)(H,42,48)(H,43,51)(H,44,52)(H,45,49)(H,53,54)(H4,34,35,38)/t21-,22-,23-,24-,25-/m0/s1. The first-order valence-corrected chi connectivity index (χ1v) is 16.6. The number of aromatic nitrogens is 4. The number of carboxylic acid groups (broad SMARTS) is 1. The van der Waals surface area contributed by atoms with Crippen LogP contribution in [0.4, 0.5) is 0 Å². The molecule has 292 valence electrons. The Hall–Kier alpha value is -6.55. The monoisotopic (exact) mass is 755 g/mol. The number of phenols is 1. The van der Waals surface area contributed by atoms with Crippen molar-refractivity contribution in [2.45, 2.75) is 62.3 Å². The summed E-state index contributed by atoms with van der Waals surface area (Å²) in [4.78, 5) is 91.0. The number of amides is 5. The summed E-state index contributed by atoms with van der Waals surface area (Å²) in [5, 5.41) is 51.0. The molecule has 54 heavy (non-hydrogen) atoms. The Morgan fingerprint density at radius 2 is 1.35 bits per heavy atom. The topological polar surface area (TPSA) is 369 Å². The number of carboxylic acids is 1. The van der Waals surface area contributed by atoms with Gasteiger partial charge in [-0.1, -0.05) is 12.1 Å². The summed E-state index contributed by atoms with van der Waals surface area (Å²) in [5.41, 5.74) is 12.6. The van der Waals surface area contributed by atoms with Crippen LogP contribution in [0, 0.1) is 5.41 Å². The largest absolute Gasteiger partial charge is 0.508 e. The van der Waals surface area contributed by atoms with Gasteiger partial charge in [0.25, 0.3) is 0 Å². The van der Waals surface area contributed by atoms with Gasteiger partial charge in [-0.25, -0.2) is 14.8 Å². The first kappa shape index (κ1) is 41.9. The highest BCUT2D eigenvalue weighted by Crippen LogP contribution is 2.11. The number of nitrogens with one attached hydrogen (secondary N) is 9. The van der Waals surface area contributed by atoms with Crippen LogP contribution in [0.2, 0.25) is 0 Å². The van der Waals surface area contributed by atoms with E-state index >= 15 is 0 Å². The van der Waals surface area contributed by atoms with Crippen molar-refractivity contribution in [3.63, 3.8) is 0 Å². The summed E-state index contributed by atoms with van der Waals surface area (Å²) in [6.45, 7) is -1.37. The van der Waals surface area contributed by atoms with Gasteiger partial charge in [-0.15, -0.1) is 0 Å². The quantitative estimate of drug-likeness (QED) is 0.0262. The van der Waals surface area contributed by atoms with Crippen LogP contribution in [0.25, 0.3) is 0 Å². The molecule has 0 saturated heterocycles. The van der Waals surface area contributed by atoms with Crippen molar-refractivity contribution in [3.8, 4) is 5.75 Å². The zero-order valence-corrected chi connectivity index (χ0v) is 29.0. The van der Waals surface area contributed by atoms with Crippen LogP contribution < -0.4 is 43.4 Å². The van der Waals surface area contributed by atoms with Crippen molar-refractivity contribution >= 4 is 41.5 Å². The van der Waals surface area contributed by atoms with E-state index in [1.807, 2.05) is 0 Å². The number of guanidine groups is 1. The third-order valence-electron chi connectivity index (χ3n) is 7.79. The molecule has 2 aromatic heterocycles. The maximum Gasteiger partial charge on any atom is 0.326 e. The molecule has 5 amide bonds. The number of nitrogens with zero attached hydrogens (tertiary/aromatic N) is 2. The number of carbonyl (C=O) groups excluding carboxylic acids is 5. The van der Waals surface area contributed by atoms with E-state index in [1.54, 1.807) is 6.20 Å². The van der Waals surface area contributed by atoms with E-state index in [0.29, 0.717) is 17.0 Å². The number of H-pyrrole nitrogens is 2. The molecule has 2 heterocycles. The second kappa shape index (κ2) is 21.1. The zero-order chi connectivity index (χ0) is 39.6. The number of aromatic amines is 2. The minimum Gasteiger partial charge on any atom is -0.508 e. The lowest BCUT2D eigenvalue weighted by molar-refractivity contribution is -0.141. The lowest BCUT2D eigenvalue weighted by Crippen LogP contribution is -2.59. The maximum atomic E-state index is 13.7. The maximum absolute atomic E-state index is 13.7. The molecule has 22 nitrogen and oxygen atoms in total. The van der Waals surface area contributed by atoms with Gasteiger partial charge in [-0.3, -0.25) is 29.4 Å². The van der Waals surface area contributed by atoms with Gasteiger partial charge >= 0.3 is 5.97 Å². The van der Waals surface area contributed by atoms with Crippen LogP contribution in [0.1, 0.15) is 29.8 Å². The highest BCUT2D eigenvalue weighted by Gasteiger charge is 2.31. The first-order valence-electron chi connectivity index (χ1n) is 16.6. The summed E-state index contributed by atoms with van der Waals surface area (Å²) < 4.78 is 0. The average molecular weight is 756 g/mol. The lowest BCUT2D eigenvalue weighted by Gasteiger charge is -2.25. The van der Waals surface area contributed by atoms with E-state index in [4.69, 9.17) is 16.9 Å². The number of hydrogen-bond donors (Lipinski definition) is 14. The number of aliphatic hydroxyl groups is 1. The number of aromatic hydroxyl groups is 1. The summed E-state index contributed by atoms with van der Waals surface area (Å²) in [7, 11) is 0. The SMILES string of the molecule is N=C(N)NCCC[C@H](NC(=O)[C@H](Cc1c[nH]cn1)NC(=O)[C@H](CO)NC(=O)[C@@H](N)Cc1c[nH]cn1)C(=O)NCC(=O)N[C@@H](Cc1ccc(O)cc1)C(=O)O. The van der Waals surface area contributed by atoms with Crippen molar-refractivity contribution in [3.05, 3.63) is 66.3 Å². The minimum atomic E-state index is -1.52. The molecule has 22 heteroatoms. The first-order chi connectivity index (χ1) is 25.7. The molecule has 3 aromatic rings. The average Bonchev–Trinajstić information content (AvgIpc) is 3.85. The number of nitrogens with two attached hydrogens (primary N) is 2. The molecular weight excluding hydrogens is 710 g/mol. The van der Waals surface area contributed by atoms with Crippen molar-refractivity contribution in [2.75, 3.05) is 19.7 Å². The Labute approximate surface area is 308 Å². The number of imidazole rings is 2. The second-order valence-corrected chi connectivity index (χ2v) is 12.0. The molecule has 0 unspecified atom stereocenters. The number of aliphatic hydroxyl groups excluding tert-OH is 1. The van der Waals surface area contributed by atoms with E-state index in [9.17, 15) is 44.1 Å². The van der Waals surface area contributed by atoms with E-state index in [-0.39, 0.29) is 50.4 Å². The second-order valence-electron chi connectivity index (χ2n) is 12.0. The fourth-order valence-corrected chi connectivity index (χ4v) is 4.96. The van der Waals surface area contributed by atoms with Gasteiger partial charge in [-0.05, 0) is 30.5 Å². The molecule has 0 spiro atoms. The van der Waals surface area contributed by atoms with Gasteiger partial charge in [0.05, 0.1) is 43.2 Å². The van der Waals surface area contributed by atoms with Gasteiger partial charge in [-0.2, -0.15) is 0 Å². The van der Waals surface area contributed by atoms with E-state index in [2.05, 4.69) is 51.8 Å². The summed E-state index contributed by atoms with van der Waals surface area (Å²) >= 11 is 0. The van der Waals surface area contributed by atoms with E-state index in [0.717, 1.165) is 0 Å². The number of benzene rings is 1. The fourth-order valence-electron chi connectivity index (χ4n) is 4.96. The van der Waals surface area contributed by atoms with Crippen LogP contribution in [0.15, 0.2) is 49.3 Å². The zero-order valence-electron chi connectivity index (χ0n) is 29.0. The van der Waals surface area contributed by atoms with Crippen LogP contribution in [-0.2, 0) is 48.0 Å². The van der Waals surface area contributed by atoms with Crippen LogP contribution in [-0.4, -0.2) is 127 Å². The Morgan fingerprint density at radius 1 is 0.759 bits per heavy atom. The Balaban J connectivity index is 1.69. The number of phenolic OH excluding ortho intramolecular Hbond substituents is 1. The Morgan fingerprint density at radius 3 is 1.93 bits per heavy atom. The van der Waals surface area contributed by atoms with Gasteiger partial charge < -0.3 is 68.7 Å². The highest BCUT2D eigenvalue weighted by atomic mass is 16.4. The van der Waals surface area contributed by atoms with Crippen molar-refractivity contribution in [2.24, 2.45) is 11.5 Å². The van der Waals surface area contributed by atoms with E-state index in [1.165, 1.54) is 43.1 Å². The molecule has 0 bridgehead atoms. The third kappa shape index (κ3) is 14.2. The van der Waals surface area contributed by atoms with Gasteiger partial charge in [0.1, 0.15) is 29.9 Å². The van der Waals surface area contributed by atoms with Crippen LogP contribution in [0.3, 0.4) is 0 Å². The molecule has 5 atom stereocenters. The number of aliphatic carboxylic acids is 1. The number of carbonyl (C=O) groups is 6.